The van der Waals surface area contributed by atoms with E-state index in [-0.39, 0.29) is 24.6 Å². The number of thiazole rings is 1. The Bertz CT molecular complexity index is 1120. The van der Waals surface area contributed by atoms with Crippen LogP contribution in [0.15, 0.2) is 47.0 Å². The fraction of sp³-hybridized carbons (Fsp3) is 0.300. The van der Waals surface area contributed by atoms with Gasteiger partial charge >= 0.3 is 5.97 Å². The van der Waals surface area contributed by atoms with Crippen LogP contribution in [0.4, 0.5) is 0 Å². The third-order valence-corrected chi connectivity index (χ3v) is 7.58. The van der Waals surface area contributed by atoms with Gasteiger partial charge in [-0.05, 0) is 24.7 Å². The van der Waals surface area contributed by atoms with Gasteiger partial charge in [0.1, 0.15) is 23.7 Å². The third-order valence-electron chi connectivity index (χ3n) is 4.96. The first-order chi connectivity index (χ1) is 14.9. The Morgan fingerprint density at radius 2 is 2.06 bits per heavy atom. The first-order valence-corrected chi connectivity index (χ1v) is 11.7. The second kappa shape index (κ2) is 8.85. The molecule has 0 aliphatic carbocycles. The summed E-state index contributed by atoms with van der Waals surface area (Å²) in [6, 6.07) is 8.47. The zero-order valence-electron chi connectivity index (χ0n) is 16.4. The fourth-order valence-corrected chi connectivity index (χ4v) is 5.80. The van der Waals surface area contributed by atoms with Crippen LogP contribution in [0.25, 0.3) is 0 Å². The molecule has 162 valence electrons. The lowest BCUT2D eigenvalue weighted by atomic mass is 10.0. The Labute approximate surface area is 191 Å². The van der Waals surface area contributed by atoms with Gasteiger partial charge in [0.05, 0.1) is 12.1 Å². The summed E-state index contributed by atoms with van der Waals surface area (Å²) >= 11 is 7.97. The maximum absolute atomic E-state index is 12.7. The minimum absolute atomic E-state index is 0.00203. The van der Waals surface area contributed by atoms with Crippen molar-refractivity contribution in [3.8, 4) is 0 Å². The number of β-lactam (4-membered cyclic amide) rings is 1. The van der Waals surface area contributed by atoms with Gasteiger partial charge < -0.3 is 15.3 Å². The van der Waals surface area contributed by atoms with Crippen molar-refractivity contribution in [2.75, 3.05) is 12.4 Å². The molecule has 0 unspecified atom stereocenters. The normalized spacial score (nSPS) is 20.2. The number of thioether (sulfide) groups is 1. The smallest absolute Gasteiger partial charge is 0.352 e. The highest BCUT2D eigenvalue weighted by Crippen LogP contribution is 2.40. The molecule has 2 amide bonds. The number of carbonyl (C=O) groups excluding carboxylic acids is 2. The van der Waals surface area contributed by atoms with Crippen LogP contribution in [0.5, 0.6) is 0 Å². The lowest BCUT2D eigenvalue weighted by Gasteiger charge is -2.49. The Kier molecular flexibility index (Phi) is 6.17. The van der Waals surface area contributed by atoms with Crippen molar-refractivity contribution in [3.05, 3.63) is 62.2 Å². The molecule has 2 aromatic rings. The van der Waals surface area contributed by atoms with Crippen LogP contribution in [-0.2, 0) is 20.8 Å². The first kappa shape index (κ1) is 21.6. The van der Waals surface area contributed by atoms with E-state index in [1.165, 1.54) is 32.7 Å². The number of nitrogens with one attached hydrogen (secondary N) is 1. The molecule has 0 saturated carbocycles. The molecule has 11 heteroatoms. The molecule has 1 fully saturated rings. The van der Waals surface area contributed by atoms with E-state index in [0.29, 0.717) is 15.3 Å². The molecule has 31 heavy (non-hydrogen) atoms. The van der Waals surface area contributed by atoms with Crippen molar-refractivity contribution in [2.45, 2.75) is 24.8 Å². The van der Waals surface area contributed by atoms with Crippen molar-refractivity contribution < 1.29 is 24.3 Å². The summed E-state index contributed by atoms with van der Waals surface area (Å²) in [7, 11) is 0. The lowest BCUT2D eigenvalue weighted by molar-refractivity contribution is -0.150. The monoisotopic (exact) mass is 477 g/mol. The van der Waals surface area contributed by atoms with E-state index in [1.807, 2.05) is 42.6 Å². The molecule has 0 bridgehead atoms. The predicted octanol–water partition coefficient (Wildman–Crippen LogP) is 2.00. The van der Waals surface area contributed by atoms with E-state index < -0.39 is 23.3 Å². The third kappa shape index (κ3) is 4.25. The van der Waals surface area contributed by atoms with E-state index in [4.69, 9.17) is 17.1 Å². The molecule has 4 rings (SSSR count). The minimum Gasteiger partial charge on any atom is -0.477 e. The maximum atomic E-state index is 12.7. The molecule has 2 N–H and O–H groups in total. The molecular weight excluding hydrogens is 458 g/mol. The van der Waals surface area contributed by atoms with Gasteiger partial charge in [-0.3, -0.25) is 14.5 Å². The predicted molar refractivity (Wildman–Crippen MR) is 119 cm³/mol. The average Bonchev–Trinajstić information content (AvgIpc) is 3.07. The number of hydrogen-bond acceptors (Lipinski definition) is 7. The largest absolute Gasteiger partial charge is 0.477 e. The van der Waals surface area contributed by atoms with E-state index in [0.717, 1.165) is 11.3 Å². The summed E-state index contributed by atoms with van der Waals surface area (Å²) in [5.41, 5.74) is 2.06. The van der Waals surface area contributed by atoms with Gasteiger partial charge in [-0.25, -0.2) is 4.79 Å². The summed E-state index contributed by atoms with van der Waals surface area (Å²) in [4.78, 5) is 44.0. The van der Waals surface area contributed by atoms with Crippen LogP contribution >= 0.6 is 35.3 Å². The van der Waals surface area contributed by atoms with Crippen molar-refractivity contribution in [1.82, 2.24) is 14.9 Å². The Morgan fingerprint density at radius 1 is 1.32 bits per heavy atom. The molecule has 8 nitrogen and oxygen atoms in total. The maximum Gasteiger partial charge on any atom is 0.352 e. The Hall–Kier alpha value is -2.63. The van der Waals surface area contributed by atoms with Gasteiger partial charge in [0.2, 0.25) is 5.91 Å². The standard InChI is InChI=1S/C20H19N3O5S3/c1-11-9-31-20(29)23(11)28-8-13-10-30-18-15(17(25)22(18)16(13)19(26)27)21-14(24)7-12-5-3-2-4-6-12/h2-6,9,15,18H,7-8,10H2,1H3,(H,21,24)(H,26,27)/t15-,18-/m1/s1. The number of carboxylic acids is 1. The average molecular weight is 478 g/mol. The zero-order chi connectivity index (χ0) is 22.1. The molecule has 1 aromatic heterocycles. The molecular formula is C20H19N3O5S3. The van der Waals surface area contributed by atoms with Crippen LogP contribution in [0.1, 0.15) is 11.3 Å². The number of rotatable bonds is 7. The van der Waals surface area contributed by atoms with Gasteiger partial charge in [0, 0.05) is 16.7 Å². The SMILES string of the molecule is Cc1csc(=S)n1OCC1=C(C(=O)O)N2C(=O)[C@@H](NC(=O)Cc3ccccc3)[C@H]2SC1. The molecule has 2 aliphatic heterocycles. The van der Waals surface area contributed by atoms with Crippen molar-refractivity contribution in [1.29, 1.82) is 0 Å². The summed E-state index contributed by atoms with van der Waals surface area (Å²) in [5, 5.41) is 13.9. The molecule has 1 saturated heterocycles. The van der Waals surface area contributed by atoms with Gasteiger partial charge in [-0.15, -0.1) is 23.1 Å². The van der Waals surface area contributed by atoms with Gasteiger partial charge in [0.25, 0.3) is 5.91 Å². The number of nitrogens with zero attached hydrogens (tertiary/aromatic N) is 2. The van der Waals surface area contributed by atoms with Crippen molar-refractivity contribution in [2.24, 2.45) is 0 Å². The molecule has 2 atom stereocenters. The van der Waals surface area contributed by atoms with Crippen LogP contribution in [0, 0.1) is 10.9 Å². The first-order valence-electron chi connectivity index (χ1n) is 9.40. The lowest BCUT2D eigenvalue weighted by Crippen LogP contribution is -2.70. The molecule has 0 spiro atoms. The summed E-state index contributed by atoms with van der Waals surface area (Å²) in [6.45, 7) is 1.84. The van der Waals surface area contributed by atoms with Crippen molar-refractivity contribution >= 4 is 53.1 Å². The van der Waals surface area contributed by atoms with E-state index in [9.17, 15) is 19.5 Å². The van der Waals surface area contributed by atoms with Gasteiger partial charge in [-0.1, -0.05) is 30.3 Å². The summed E-state index contributed by atoms with van der Waals surface area (Å²) in [5.74, 6) is -1.53. The van der Waals surface area contributed by atoms with Crippen LogP contribution in [0.2, 0.25) is 0 Å². The number of amides is 2. The van der Waals surface area contributed by atoms with Crippen LogP contribution in [0.3, 0.4) is 0 Å². The van der Waals surface area contributed by atoms with E-state index in [2.05, 4.69) is 5.32 Å². The number of fused-ring (bicyclic) bond motifs is 1. The Morgan fingerprint density at radius 3 is 2.71 bits per heavy atom. The van der Waals surface area contributed by atoms with Crippen LogP contribution < -0.4 is 10.2 Å². The number of aryl methyl sites for hydroxylation is 1. The highest BCUT2D eigenvalue weighted by molar-refractivity contribution is 8.00. The summed E-state index contributed by atoms with van der Waals surface area (Å²) in [6.07, 6.45) is 0.156. The minimum atomic E-state index is -1.20. The van der Waals surface area contributed by atoms with E-state index in [1.54, 1.807) is 0 Å². The molecule has 0 radical (unpaired) electrons. The topological polar surface area (TPSA) is 101 Å². The molecule has 3 heterocycles. The molecule has 2 aliphatic rings. The summed E-state index contributed by atoms with van der Waals surface area (Å²) < 4.78 is 2.01. The number of carboxylic acid groups (broad SMARTS) is 1. The number of benzene rings is 1. The highest BCUT2D eigenvalue weighted by atomic mass is 32.2. The number of carbonyl (C=O) groups is 3. The Balaban J connectivity index is 1.46. The van der Waals surface area contributed by atoms with Gasteiger partial charge in [-0.2, -0.15) is 4.73 Å². The second-order valence-electron chi connectivity index (χ2n) is 7.09. The van der Waals surface area contributed by atoms with Crippen LogP contribution in [-0.4, -0.2) is 56.3 Å². The quantitative estimate of drug-likeness (QED) is 0.465. The van der Waals surface area contributed by atoms with Gasteiger partial charge in [0.15, 0.2) is 3.95 Å². The second-order valence-corrected chi connectivity index (χ2v) is 9.69. The zero-order valence-corrected chi connectivity index (χ0v) is 18.9. The number of aliphatic carboxylic acids is 1. The number of aromatic nitrogens is 1. The fourth-order valence-electron chi connectivity index (χ4n) is 3.47. The highest BCUT2D eigenvalue weighted by Gasteiger charge is 2.54. The van der Waals surface area contributed by atoms with E-state index >= 15 is 0 Å². The molecule has 1 aromatic carbocycles. The van der Waals surface area contributed by atoms with Crippen molar-refractivity contribution in [3.63, 3.8) is 0 Å². The number of hydrogen-bond donors (Lipinski definition) is 2.